The third kappa shape index (κ3) is 5.79. The summed E-state index contributed by atoms with van der Waals surface area (Å²) in [4.78, 5) is 11.1. The molecule has 10 aromatic carbocycles. The van der Waals surface area contributed by atoms with Crippen LogP contribution in [-0.4, -0.2) is 9.97 Å². The largest absolute Gasteiger partial charge is 0.456 e. The highest BCUT2D eigenvalue weighted by molar-refractivity contribution is 6.06. The Hall–Kier alpha value is -8.92. The lowest BCUT2D eigenvalue weighted by atomic mass is 9.65. The Morgan fingerprint density at radius 3 is 1.31 bits per heavy atom. The van der Waals surface area contributed by atoms with Crippen molar-refractivity contribution in [1.29, 1.82) is 0 Å². The quantitative estimate of drug-likeness (QED) is 0.173. The number of hydrogen-bond donors (Lipinski definition) is 0. The van der Waals surface area contributed by atoms with E-state index in [1.165, 1.54) is 55.6 Å². The van der Waals surface area contributed by atoms with Gasteiger partial charge in [0.2, 0.25) is 0 Å². The number of benzene rings is 10. The van der Waals surface area contributed by atoms with Crippen molar-refractivity contribution in [3.8, 4) is 89.5 Å². The van der Waals surface area contributed by atoms with Gasteiger partial charge in [-0.1, -0.05) is 194 Å². The molecule has 68 heavy (non-hydrogen) atoms. The van der Waals surface area contributed by atoms with Crippen LogP contribution in [0.4, 0.5) is 0 Å². The molecule has 2 aromatic heterocycles. The van der Waals surface area contributed by atoms with Crippen LogP contribution in [0.1, 0.15) is 22.3 Å². The number of furan rings is 1. The molecule has 2 heterocycles. The van der Waals surface area contributed by atoms with Gasteiger partial charge < -0.3 is 4.42 Å². The van der Waals surface area contributed by atoms with E-state index in [1.807, 2.05) is 12.1 Å². The van der Waals surface area contributed by atoms with E-state index in [-0.39, 0.29) is 0 Å². The molecule has 0 N–H and O–H groups in total. The van der Waals surface area contributed by atoms with Crippen molar-refractivity contribution in [1.82, 2.24) is 9.97 Å². The third-order valence-electron chi connectivity index (χ3n) is 14.3. The molecule has 0 atom stereocenters. The van der Waals surface area contributed by atoms with Crippen LogP contribution in [0.2, 0.25) is 0 Å². The summed E-state index contributed by atoms with van der Waals surface area (Å²) < 4.78 is 6.47. The fourth-order valence-corrected chi connectivity index (χ4v) is 11.3. The van der Waals surface area contributed by atoms with Gasteiger partial charge in [-0.3, -0.25) is 0 Å². The van der Waals surface area contributed by atoms with Crippen LogP contribution in [0.25, 0.3) is 111 Å². The van der Waals surface area contributed by atoms with Crippen LogP contribution in [0, 0.1) is 0 Å². The number of fused-ring (bicyclic) bond motifs is 15. The number of hydrogen-bond acceptors (Lipinski definition) is 3. The van der Waals surface area contributed by atoms with Crippen molar-refractivity contribution in [2.24, 2.45) is 0 Å². The molecule has 0 aliphatic heterocycles. The molecule has 3 heteroatoms. The normalized spacial score (nSPS) is 12.8. The highest BCUT2D eigenvalue weighted by Gasteiger charge is 2.49. The third-order valence-corrected chi connectivity index (χ3v) is 14.3. The zero-order valence-electron chi connectivity index (χ0n) is 36.9. The van der Waals surface area contributed by atoms with Gasteiger partial charge in [0.05, 0.1) is 16.8 Å². The van der Waals surface area contributed by atoms with E-state index < -0.39 is 5.41 Å². The van der Waals surface area contributed by atoms with Crippen LogP contribution in [0.3, 0.4) is 0 Å². The highest BCUT2D eigenvalue weighted by Crippen LogP contribution is 2.61. The molecule has 0 amide bonds. The maximum atomic E-state index is 6.47. The van der Waals surface area contributed by atoms with Gasteiger partial charge in [0.25, 0.3) is 0 Å². The van der Waals surface area contributed by atoms with E-state index in [0.717, 1.165) is 72.3 Å². The highest BCUT2D eigenvalue weighted by atomic mass is 16.3. The van der Waals surface area contributed by atoms with Crippen molar-refractivity contribution in [3.63, 3.8) is 0 Å². The number of rotatable bonds is 5. The Kier molecular flexibility index (Phi) is 8.50. The molecular formula is C65H40N2O. The maximum Gasteiger partial charge on any atom is 0.160 e. The summed E-state index contributed by atoms with van der Waals surface area (Å²) >= 11 is 0. The number of aromatic nitrogens is 2. The SMILES string of the molecule is c1ccc(-c2cc(-c3ccccc3)cc(-c3nc(-c4ccc5c(c4)C4(c6ccccc6-c6ccccc6-5)c5ccccc5-c5ccccc54)cc(-c4ccc5c(c4)oc4ccccc45)n3)c2)cc1. The molecule has 2 aliphatic carbocycles. The Labute approximate surface area is 394 Å². The number of nitrogens with zero attached hydrogens (tertiary/aromatic N) is 2. The van der Waals surface area contributed by atoms with Crippen LogP contribution < -0.4 is 0 Å². The molecule has 0 radical (unpaired) electrons. The van der Waals surface area contributed by atoms with Crippen molar-refractivity contribution in [3.05, 3.63) is 265 Å². The van der Waals surface area contributed by atoms with Gasteiger partial charge in [0.1, 0.15) is 11.2 Å². The molecule has 0 bridgehead atoms. The minimum absolute atomic E-state index is 0.617. The zero-order chi connectivity index (χ0) is 44.8. The topological polar surface area (TPSA) is 38.9 Å². The molecule has 0 saturated carbocycles. The molecule has 2 aliphatic rings. The van der Waals surface area contributed by atoms with E-state index in [9.17, 15) is 0 Å². The lowest BCUT2D eigenvalue weighted by Crippen LogP contribution is -2.29. The monoisotopic (exact) mass is 864 g/mol. The van der Waals surface area contributed by atoms with Crippen LogP contribution in [0.15, 0.2) is 247 Å². The minimum atomic E-state index is -0.617. The molecular weight excluding hydrogens is 825 g/mol. The Morgan fingerprint density at radius 1 is 0.265 bits per heavy atom. The van der Waals surface area contributed by atoms with Crippen LogP contribution >= 0.6 is 0 Å². The van der Waals surface area contributed by atoms with E-state index >= 15 is 0 Å². The van der Waals surface area contributed by atoms with Crippen molar-refractivity contribution in [2.45, 2.75) is 5.41 Å². The first-order chi connectivity index (χ1) is 33.7. The van der Waals surface area contributed by atoms with Gasteiger partial charge in [-0.2, -0.15) is 0 Å². The van der Waals surface area contributed by atoms with E-state index in [4.69, 9.17) is 14.4 Å². The smallest absolute Gasteiger partial charge is 0.160 e. The van der Waals surface area contributed by atoms with Crippen molar-refractivity contribution in [2.75, 3.05) is 0 Å². The van der Waals surface area contributed by atoms with Gasteiger partial charge in [0, 0.05) is 27.5 Å². The second-order valence-electron chi connectivity index (χ2n) is 18.0. The molecule has 0 unspecified atom stereocenters. The first-order valence-corrected chi connectivity index (χ1v) is 23.3. The molecule has 1 spiro atoms. The second-order valence-corrected chi connectivity index (χ2v) is 18.0. The summed E-state index contributed by atoms with van der Waals surface area (Å²) in [7, 11) is 0. The van der Waals surface area contributed by atoms with Gasteiger partial charge in [-0.25, -0.2) is 9.97 Å². The average molecular weight is 865 g/mol. The van der Waals surface area contributed by atoms with Crippen LogP contribution in [0.5, 0.6) is 0 Å². The molecule has 3 nitrogen and oxygen atoms in total. The summed E-state index contributed by atoms with van der Waals surface area (Å²) in [5, 5.41) is 2.18. The standard InChI is InChI=1S/C65H40N2O/c1-3-17-41(18-4-1)45-35-46(42-19-5-2-6-20-42)37-47(36-45)64-66-60(40-61(67-64)44-32-34-55-54-26-12-16-30-62(54)68-63(55)39-44)43-31-33-53-49-22-8-7-21-48(49)50-23-9-13-27-56(50)65(59(53)38-43)57-28-14-10-24-51(57)52-25-11-15-29-58(52)65/h1-40H. The Morgan fingerprint density at radius 2 is 0.706 bits per heavy atom. The van der Waals surface area contributed by atoms with Gasteiger partial charge >= 0.3 is 0 Å². The van der Waals surface area contributed by atoms with Gasteiger partial charge in [-0.05, 0) is 126 Å². The predicted octanol–water partition coefficient (Wildman–Crippen LogP) is 16.7. The lowest BCUT2D eigenvalue weighted by molar-refractivity contribution is 0.669. The summed E-state index contributed by atoms with van der Waals surface area (Å²) in [6.45, 7) is 0. The summed E-state index contributed by atoms with van der Waals surface area (Å²) in [6.07, 6.45) is 0. The van der Waals surface area contributed by atoms with Gasteiger partial charge in [-0.15, -0.1) is 0 Å². The minimum Gasteiger partial charge on any atom is -0.456 e. The van der Waals surface area contributed by atoms with Crippen LogP contribution in [-0.2, 0) is 5.41 Å². The maximum absolute atomic E-state index is 6.47. The Bertz CT molecular complexity index is 3870. The first kappa shape index (κ1) is 38.4. The molecule has 0 fully saturated rings. The average Bonchev–Trinajstić information content (AvgIpc) is 3.91. The molecule has 12 aromatic rings. The lowest BCUT2D eigenvalue weighted by Gasteiger charge is -2.35. The first-order valence-electron chi connectivity index (χ1n) is 23.3. The number of para-hydroxylation sites is 1. The fraction of sp³-hybridized carbons (Fsp3) is 0.0154. The van der Waals surface area contributed by atoms with E-state index in [0.29, 0.717) is 5.82 Å². The summed E-state index contributed by atoms with van der Waals surface area (Å²) in [6, 6.07) is 87.8. The summed E-state index contributed by atoms with van der Waals surface area (Å²) in [5.74, 6) is 0.647. The van der Waals surface area contributed by atoms with E-state index in [1.54, 1.807) is 0 Å². The van der Waals surface area contributed by atoms with Crippen molar-refractivity contribution >= 4 is 21.9 Å². The van der Waals surface area contributed by atoms with Crippen molar-refractivity contribution < 1.29 is 4.42 Å². The van der Waals surface area contributed by atoms with Gasteiger partial charge in [0.15, 0.2) is 5.82 Å². The molecule has 14 rings (SSSR count). The zero-order valence-corrected chi connectivity index (χ0v) is 36.9. The Balaban J connectivity index is 1.05. The molecule has 316 valence electrons. The fourth-order valence-electron chi connectivity index (χ4n) is 11.3. The summed E-state index contributed by atoms with van der Waals surface area (Å²) in [5.41, 5.74) is 22.6. The van der Waals surface area contributed by atoms with E-state index in [2.05, 4.69) is 231 Å². The molecule has 0 saturated heterocycles. The second kappa shape index (κ2) is 15.1. The predicted molar refractivity (Wildman–Crippen MR) is 278 cm³/mol.